The Balaban J connectivity index is 1.58. The Kier molecular flexibility index (Phi) is 3.94. The minimum absolute atomic E-state index is 0.0560. The molecule has 0 atom stereocenters. The molecule has 21 heavy (non-hydrogen) atoms. The van der Waals surface area contributed by atoms with Crippen molar-refractivity contribution in [2.45, 2.75) is 32.5 Å². The number of aromatic nitrogens is 3. The van der Waals surface area contributed by atoms with Crippen LogP contribution >= 0.6 is 11.6 Å². The summed E-state index contributed by atoms with van der Waals surface area (Å²) in [6.45, 7) is 1.70. The summed E-state index contributed by atoms with van der Waals surface area (Å²) in [4.78, 5) is 14.0. The third-order valence-electron chi connectivity index (χ3n) is 3.48. The molecule has 7 nitrogen and oxygen atoms in total. The second kappa shape index (κ2) is 5.87. The molecule has 1 aliphatic rings. The van der Waals surface area contributed by atoms with E-state index in [-0.39, 0.29) is 12.5 Å². The molecule has 0 unspecified atom stereocenters. The molecule has 2 aromatic heterocycles. The Morgan fingerprint density at radius 1 is 1.43 bits per heavy atom. The van der Waals surface area contributed by atoms with Gasteiger partial charge in [0, 0.05) is 25.5 Å². The van der Waals surface area contributed by atoms with Gasteiger partial charge in [-0.05, 0) is 6.07 Å². The molecule has 2 aromatic rings. The minimum Gasteiger partial charge on any atom is -0.390 e. The van der Waals surface area contributed by atoms with E-state index in [1.165, 1.54) is 0 Å². The predicted molar refractivity (Wildman–Crippen MR) is 73.4 cm³/mol. The molecule has 0 spiro atoms. The zero-order chi connectivity index (χ0) is 14.8. The normalized spacial score (nSPS) is 14.3. The van der Waals surface area contributed by atoms with Crippen LogP contribution in [0.4, 0.5) is 0 Å². The molecular formula is C13H15ClN4O3. The molecule has 0 fully saturated rings. The first kappa shape index (κ1) is 14.1. The average molecular weight is 311 g/mol. The van der Waals surface area contributed by atoms with Gasteiger partial charge in [-0.15, -0.1) is 0 Å². The number of hydrogen-bond acceptors (Lipinski definition) is 5. The van der Waals surface area contributed by atoms with Gasteiger partial charge >= 0.3 is 0 Å². The Labute approximate surface area is 126 Å². The highest BCUT2D eigenvalue weighted by molar-refractivity contribution is 6.29. The number of hydrogen-bond donors (Lipinski definition) is 1. The lowest BCUT2D eigenvalue weighted by molar-refractivity contribution is -0.132. The molecule has 0 radical (unpaired) electrons. The monoisotopic (exact) mass is 310 g/mol. The van der Waals surface area contributed by atoms with Crippen molar-refractivity contribution in [3.63, 3.8) is 0 Å². The lowest BCUT2D eigenvalue weighted by Crippen LogP contribution is -2.38. The molecule has 1 amide bonds. The van der Waals surface area contributed by atoms with E-state index < -0.39 is 0 Å². The molecular weight excluding hydrogens is 296 g/mol. The van der Waals surface area contributed by atoms with Crippen molar-refractivity contribution in [1.29, 1.82) is 0 Å². The van der Waals surface area contributed by atoms with Gasteiger partial charge in [-0.1, -0.05) is 16.8 Å². The summed E-state index contributed by atoms with van der Waals surface area (Å²) >= 11 is 5.67. The van der Waals surface area contributed by atoms with E-state index in [9.17, 15) is 4.79 Å². The minimum atomic E-state index is -0.0831. The van der Waals surface area contributed by atoms with Gasteiger partial charge in [-0.25, -0.2) is 0 Å². The summed E-state index contributed by atoms with van der Waals surface area (Å²) in [7, 11) is 0. The van der Waals surface area contributed by atoms with Crippen molar-refractivity contribution >= 4 is 17.5 Å². The zero-order valence-electron chi connectivity index (χ0n) is 11.3. The highest BCUT2D eigenvalue weighted by atomic mass is 35.5. The van der Waals surface area contributed by atoms with Gasteiger partial charge in [-0.2, -0.15) is 5.10 Å². The second-order valence-corrected chi connectivity index (χ2v) is 5.33. The molecule has 1 N–H and O–H groups in total. The molecule has 3 rings (SSSR count). The first-order valence-corrected chi connectivity index (χ1v) is 7.09. The van der Waals surface area contributed by atoms with Gasteiger partial charge in [0.25, 0.3) is 0 Å². The van der Waals surface area contributed by atoms with Crippen molar-refractivity contribution in [2.75, 3.05) is 6.54 Å². The van der Waals surface area contributed by atoms with E-state index in [0.717, 1.165) is 5.69 Å². The Bertz CT molecular complexity index is 652. The predicted octanol–water partition coefficient (Wildman–Crippen LogP) is 0.992. The molecule has 0 saturated heterocycles. The number of carbonyl (C=O) groups excluding carboxylic acids is 1. The lowest BCUT2D eigenvalue weighted by Gasteiger charge is -2.27. The highest BCUT2D eigenvalue weighted by Gasteiger charge is 2.22. The smallest absolute Gasteiger partial charge is 0.223 e. The third kappa shape index (κ3) is 3.08. The third-order valence-corrected chi connectivity index (χ3v) is 3.66. The number of rotatable bonds is 4. The summed E-state index contributed by atoms with van der Waals surface area (Å²) in [6.07, 6.45) is 0.836. The maximum Gasteiger partial charge on any atom is 0.223 e. The molecule has 3 heterocycles. The van der Waals surface area contributed by atoms with Crippen molar-refractivity contribution in [3.05, 3.63) is 34.4 Å². The van der Waals surface area contributed by atoms with E-state index in [1.807, 2.05) is 10.7 Å². The van der Waals surface area contributed by atoms with E-state index in [2.05, 4.69) is 10.3 Å². The summed E-state index contributed by atoms with van der Waals surface area (Å²) < 4.78 is 6.82. The maximum atomic E-state index is 12.2. The molecule has 0 aliphatic carbocycles. The Hall–Kier alpha value is -1.86. The highest BCUT2D eigenvalue weighted by Crippen LogP contribution is 2.16. The van der Waals surface area contributed by atoms with Gasteiger partial charge < -0.3 is 14.5 Å². The van der Waals surface area contributed by atoms with Crippen LogP contribution in [-0.2, 0) is 30.9 Å². The topological polar surface area (TPSA) is 84.4 Å². The fourth-order valence-electron chi connectivity index (χ4n) is 2.41. The standard InChI is InChI=1S/C13H15ClN4O3/c14-12-6-11(21-16-12)1-2-13(20)17-3-4-18-10(7-17)5-9(8-19)15-18/h5-6,19H,1-4,7-8H2. The number of nitrogens with zero attached hydrogens (tertiary/aromatic N) is 4. The number of aliphatic hydroxyl groups is 1. The van der Waals surface area contributed by atoms with Crippen LogP contribution in [0.5, 0.6) is 0 Å². The number of amides is 1. The van der Waals surface area contributed by atoms with Crippen LogP contribution in [0.1, 0.15) is 23.6 Å². The van der Waals surface area contributed by atoms with Crippen LogP contribution in [0.2, 0.25) is 5.15 Å². The number of halogens is 1. The summed E-state index contributed by atoms with van der Waals surface area (Å²) in [6, 6.07) is 3.45. The Morgan fingerprint density at radius 2 is 2.29 bits per heavy atom. The summed E-state index contributed by atoms with van der Waals surface area (Å²) in [5.41, 5.74) is 1.58. The average Bonchev–Trinajstić information content (AvgIpc) is 3.09. The molecule has 8 heteroatoms. The molecule has 0 aromatic carbocycles. The number of aliphatic hydroxyl groups excluding tert-OH is 1. The number of aryl methyl sites for hydroxylation is 1. The maximum absolute atomic E-state index is 12.2. The summed E-state index contributed by atoms with van der Waals surface area (Å²) in [5.74, 6) is 0.665. The number of fused-ring (bicyclic) bond motifs is 1. The van der Waals surface area contributed by atoms with Crippen LogP contribution in [0.15, 0.2) is 16.7 Å². The van der Waals surface area contributed by atoms with Gasteiger partial charge in [0.1, 0.15) is 5.76 Å². The Morgan fingerprint density at radius 3 is 3.00 bits per heavy atom. The van der Waals surface area contributed by atoms with Crippen LogP contribution in [0.3, 0.4) is 0 Å². The SMILES string of the molecule is O=C(CCc1cc(Cl)no1)N1CCn2nc(CO)cc2C1. The van der Waals surface area contributed by atoms with Crippen molar-refractivity contribution in [3.8, 4) is 0 Å². The van der Waals surface area contributed by atoms with E-state index >= 15 is 0 Å². The van der Waals surface area contributed by atoms with Crippen LogP contribution < -0.4 is 0 Å². The van der Waals surface area contributed by atoms with Gasteiger partial charge in [-0.3, -0.25) is 9.48 Å². The fourth-order valence-corrected chi connectivity index (χ4v) is 2.57. The van der Waals surface area contributed by atoms with Crippen molar-refractivity contribution in [1.82, 2.24) is 19.8 Å². The van der Waals surface area contributed by atoms with Gasteiger partial charge in [0.15, 0.2) is 5.15 Å². The molecule has 0 saturated carbocycles. The van der Waals surface area contributed by atoms with E-state index in [1.54, 1.807) is 11.0 Å². The van der Waals surface area contributed by atoms with Crippen LogP contribution in [0, 0.1) is 0 Å². The van der Waals surface area contributed by atoms with Gasteiger partial charge in [0.05, 0.1) is 31.1 Å². The van der Waals surface area contributed by atoms with E-state index in [0.29, 0.717) is 49.1 Å². The largest absolute Gasteiger partial charge is 0.390 e. The molecule has 0 bridgehead atoms. The van der Waals surface area contributed by atoms with Gasteiger partial charge in [0.2, 0.25) is 5.91 Å². The quantitative estimate of drug-likeness (QED) is 0.910. The van der Waals surface area contributed by atoms with Crippen LogP contribution in [-0.4, -0.2) is 37.4 Å². The van der Waals surface area contributed by atoms with Crippen LogP contribution in [0.25, 0.3) is 0 Å². The van der Waals surface area contributed by atoms with E-state index in [4.69, 9.17) is 21.2 Å². The lowest BCUT2D eigenvalue weighted by atomic mass is 10.2. The second-order valence-electron chi connectivity index (χ2n) is 4.94. The molecule has 112 valence electrons. The zero-order valence-corrected chi connectivity index (χ0v) is 12.1. The fraction of sp³-hybridized carbons (Fsp3) is 0.462. The first-order chi connectivity index (χ1) is 10.2. The summed E-state index contributed by atoms with van der Waals surface area (Å²) in [5, 5.41) is 17.2. The first-order valence-electron chi connectivity index (χ1n) is 6.71. The van der Waals surface area contributed by atoms with Crippen molar-refractivity contribution in [2.24, 2.45) is 0 Å². The molecule has 1 aliphatic heterocycles. The van der Waals surface area contributed by atoms with Crippen molar-refractivity contribution < 1.29 is 14.4 Å². The number of carbonyl (C=O) groups is 1.